The number of aliphatic carboxylic acids is 1. The van der Waals surface area contributed by atoms with Crippen molar-refractivity contribution in [1.82, 2.24) is 0 Å². The van der Waals surface area contributed by atoms with Gasteiger partial charge in [-0.3, -0.25) is 4.79 Å². The number of rotatable bonds is 2. The standard InChI is InChI=1S/C13H17NO3S/c1-7-4-10(17-3)11-9(8(7)2)5-13(14,6-18-11)12(15)16/h4H,5-6,14H2,1-3H3,(H,15,16). The first kappa shape index (κ1) is 13.2. The highest BCUT2D eigenvalue weighted by Gasteiger charge is 2.40. The average Bonchev–Trinajstić information content (AvgIpc) is 2.34. The zero-order valence-corrected chi connectivity index (χ0v) is 11.6. The van der Waals surface area contributed by atoms with Crippen LogP contribution in [0, 0.1) is 13.8 Å². The van der Waals surface area contributed by atoms with Crippen LogP contribution in [-0.4, -0.2) is 29.5 Å². The van der Waals surface area contributed by atoms with E-state index in [0.717, 1.165) is 27.3 Å². The Morgan fingerprint density at radius 1 is 1.56 bits per heavy atom. The molecule has 0 spiro atoms. The number of carbonyl (C=O) groups is 1. The van der Waals surface area contributed by atoms with Crippen LogP contribution >= 0.6 is 11.8 Å². The molecule has 0 aromatic heterocycles. The lowest BCUT2D eigenvalue weighted by molar-refractivity contribution is -0.142. The van der Waals surface area contributed by atoms with E-state index in [2.05, 4.69) is 0 Å². The number of hydrogen-bond acceptors (Lipinski definition) is 4. The van der Waals surface area contributed by atoms with E-state index in [9.17, 15) is 9.90 Å². The molecule has 0 radical (unpaired) electrons. The number of methoxy groups -OCH3 is 1. The minimum Gasteiger partial charge on any atom is -0.496 e. The Balaban J connectivity index is 2.55. The summed E-state index contributed by atoms with van der Waals surface area (Å²) in [5.41, 5.74) is 8.00. The van der Waals surface area contributed by atoms with Crippen LogP contribution in [0.1, 0.15) is 16.7 Å². The van der Waals surface area contributed by atoms with E-state index in [1.54, 1.807) is 7.11 Å². The average molecular weight is 267 g/mol. The molecule has 98 valence electrons. The summed E-state index contributed by atoms with van der Waals surface area (Å²) in [6, 6.07) is 1.99. The van der Waals surface area contributed by atoms with Gasteiger partial charge >= 0.3 is 5.97 Å². The molecule has 0 bridgehead atoms. The van der Waals surface area contributed by atoms with Crippen molar-refractivity contribution < 1.29 is 14.6 Å². The van der Waals surface area contributed by atoms with E-state index in [-0.39, 0.29) is 0 Å². The number of ether oxygens (including phenoxy) is 1. The van der Waals surface area contributed by atoms with Crippen LogP contribution in [-0.2, 0) is 11.2 Å². The summed E-state index contributed by atoms with van der Waals surface area (Å²) in [5, 5.41) is 9.24. The summed E-state index contributed by atoms with van der Waals surface area (Å²) >= 11 is 1.47. The lowest BCUT2D eigenvalue weighted by Gasteiger charge is -2.32. The van der Waals surface area contributed by atoms with Crippen LogP contribution in [0.2, 0.25) is 0 Å². The van der Waals surface area contributed by atoms with Crippen LogP contribution in [0.15, 0.2) is 11.0 Å². The fourth-order valence-electron chi connectivity index (χ4n) is 2.15. The van der Waals surface area contributed by atoms with Gasteiger partial charge in [0.1, 0.15) is 11.3 Å². The van der Waals surface area contributed by atoms with Crippen molar-refractivity contribution in [3.05, 3.63) is 22.8 Å². The second-order valence-electron chi connectivity index (χ2n) is 4.76. The smallest absolute Gasteiger partial charge is 0.324 e. The summed E-state index contributed by atoms with van der Waals surface area (Å²) in [6.07, 6.45) is 0.356. The normalized spacial score (nSPS) is 22.4. The van der Waals surface area contributed by atoms with Crippen molar-refractivity contribution in [3.8, 4) is 5.75 Å². The van der Waals surface area contributed by atoms with Crippen molar-refractivity contribution in [2.75, 3.05) is 12.9 Å². The van der Waals surface area contributed by atoms with Gasteiger partial charge in [0.15, 0.2) is 0 Å². The third kappa shape index (κ3) is 1.97. The molecule has 5 heteroatoms. The molecule has 2 rings (SSSR count). The lowest BCUT2D eigenvalue weighted by Crippen LogP contribution is -2.53. The first-order valence-corrected chi connectivity index (χ1v) is 6.70. The van der Waals surface area contributed by atoms with E-state index in [4.69, 9.17) is 10.5 Å². The van der Waals surface area contributed by atoms with Crippen LogP contribution < -0.4 is 10.5 Å². The highest BCUT2D eigenvalue weighted by Crippen LogP contribution is 2.42. The number of thioether (sulfide) groups is 1. The van der Waals surface area contributed by atoms with Gasteiger partial charge in [0.05, 0.1) is 12.0 Å². The molecule has 1 aliphatic rings. The minimum atomic E-state index is -1.18. The van der Waals surface area contributed by atoms with Gasteiger partial charge in [-0.2, -0.15) is 0 Å². The molecule has 1 unspecified atom stereocenters. The zero-order chi connectivity index (χ0) is 13.5. The van der Waals surface area contributed by atoms with Gasteiger partial charge in [-0.15, -0.1) is 11.8 Å². The summed E-state index contributed by atoms with van der Waals surface area (Å²) in [6.45, 7) is 4.00. The van der Waals surface area contributed by atoms with Gasteiger partial charge in [-0.25, -0.2) is 0 Å². The lowest BCUT2D eigenvalue weighted by atomic mass is 9.89. The molecule has 4 nitrogen and oxygen atoms in total. The topological polar surface area (TPSA) is 72.5 Å². The maximum absolute atomic E-state index is 11.3. The Morgan fingerprint density at radius 3 is 2.78 bits per heavy atom. The fourth-order valence-corrected chi connectivity index (χ4v) is 3.47. The predicted octanol–water partition coefficient (Wildman–Crippen LogP) is 1.74. The van der Waals surface area contributed by atoms with E-state index in [1.165, 1.54) is 11.8 Å². The van der Waals surface area contributed by atoms with Gasteiger partial charge in [-0.05, 0) is 36.6 Å². The molecule has 0 amide bonds. The molecule has 1 aromatic carbocycles. The summed E-state index contributed by atoms with van der Waals surface area (Å²) < 4.78 is 5.37. The molecule has 0 saturated carbocycles. The number of benzene rings is 1. The third-order valence-corrected chi connectivity index (χ3v) is 4.90. The Morgan fingerprint density at radius 2 is 2.22 bits per heavy atom. The number of aryl methyl sites for hydroxylation is 1. The van der Waals surface area contributed by atoms with Crippen molar-refractivity contribution in [2.45, 2.75) is 30.7 Å². The molecule has 1 aliphatic heterocycles. The maximum Gasteiger partial charge on any atom is 0.324 e. The maximum atomic E-state index is 11.3. The number of fused-ring (bicyclic) bond motifs is 1. The van der Waals surface area contributed by atoms with Gasteiger partial charge in [0.2, 0.25) is 0 Å². The van der Waals surface area contributed by atoms with Crippen molar-refractivity contribution >= 4 is 17.7 Å². The predicted molar refractivity (Wildman–Crippen MR) is 71.5 cm³/mol. The number of carboxylic acid groups (broad SMARTS) is 1. The molecule has 0 aliphatic carbocycles. The van der Waals surface area contributed by atoms with E-state index < -0.39 is 11.5 Å². The Bertz CT molecular complexity index is 515. The molecule has 1 aromatic rings. The monoisotopic (exact) mass is 267 g/mol. The largest absolute Gasteiger partial charge is 0.496 e. The van der Waals surface area contributed by atoms with E-state index in [0.29, 0.717) is 12.2 Å². The molecule has 18 heavy (non-hydrogen) atoms. The molecule has 1 atom stereocenters. The van der Waals surface area contributed by atoms with Crippen LogP contribution in [0.5, 0.6) is 5.75 Å². The first-order chi connectivity index (χ1) is 8.39. The number of nitrogens with two attached hydrogens (primary N) is 1. The van der Waals surface area contributed by atoms with Crippen molar-refractivity contribution in [3.63, 3.8) is 0 Å². The van der Waals surface area contributed by atoms with Gasteiger partial charge in [-0.1, -0.05) is 0 Å². The minimum absolute atomic E-state index is 0.356. The molecule has 3 N–H and O–H groups in total. The summed E-state index contributed by atoms with van der Waals surface area (Å²) in [5.74, 6) is 0.236. The summed E-state index contributed by atoms with van der Waals surface area (Å²) in [7, 11) is 1.63. The highest BCUT2D eigenvalue weighted by molar-refractivity contribution is 7.99. The molecular formula is C13H17NO3S. The summed E-state index contributed by atoms with van der Waals surface area (Å²) in [4.78, 5) is 12.3. The number of hydrogen-bond donors (Lipinski definition) is 2. The highest BCUT2D eigenvalue weighted by atomic mass is 32.2. The van der Waals surface area contributed by atoms with Crippen molar-refractivity contribution in [2.24, 2.45) is 5.73 Å². The Hall–Kier alpha value is -1.20. The zero-order valence-electron chi connectivity index (χ0n) is 10.7. The number of carboxylic acids is 1. The van der Waals surface area contributed by atoms with Gasteiger partial charge in [0, 0.05) is 12.2 Å². The Kier molecular flexibility index (Phi) is 3.29. The van der Waals surface area contributed by atoms with Crippen LogP contribution in [0.25, 0.3) is 0 Å². The fraction of sp³-hybridized carbons (Fsp3) is 0.462. The van der Waals surface area contributed by atoms with Gasteiger partial charge in [0.25, 0.3) is 0 Å². The van der Waals surface area contributed by atoms with E-state index in [1.807, 2.05) is 19.9 Å². The second-order valence-corrected chi connectivity index (χ2v) is 5.74. The third-order valence-electron chi connectivity index (χ3n) is 3.50. The second kappa shape index (κ2) is 4.48. The van der Waals surface area contributed by atoms with E-state index >= 15 is 0 Å². The molecule has 1 heterocycles. The Labute approximate surface area is 111 Å². The first-order valence-electron chi connectivity index (χ1n) is 5.71. The molecular weight excluding hydrogens is 250 g/mol. The quantitative estimate of drug-likeness (QED) is 0.854. The van der Waals surface area contributed by atoms with Crippen LogP contribution in [0.3, 0.4) is 0 Å². The molecule has 0 fully saturated rings. The molecule has 0 saturated heterocycles. The van der Waals surface area contributed by atoms with Gasteiger partial charge < -0.3 is 15.6 Å². The van der Waals surface area contributed by atoms with Crippen molar-refractivity contribution in [1.29, 1.82) is 0 Å². The van der Waals surface area contributed by atoms with Crippen LogP contribution in [0.4, 0.5) is 0 Å². The SMILES string of the molecule is COc1cc(C)c(C)c2c1SCC(N)(C(=O)O)C2.